The van der Waals surface area contributed by atoms with Gasteiger partial charge in [-0.2, -0.15) is 0 Å². The fraction of sp³-hybridized carbons (Fsp3) is 0.118. The van der Waals surface area contributed by atoms with Gasteiger partial charge in [-0.25, -0.2) is 4.39 Å². The second-order valence-electron chi connectivity index (χ2n) is 4.83. The minimum Gasteiger partial charge on any atom is -0.289 e. The normalized spacial score (nSPS) is 16.3. The van der Waals surface area contributed by atoms with E-state index in [1.54, 1.807) is 12.1 Å². The molecule has 100 valence electrons. The van der Waals surface area contributed by atoms with Gasteiger partial charge in [-0.05, 0) is 42.2 Å². The molecule has 0 saturated carbocycles. The summed E-state index contributed by atoms with van der Waals surface area (Å²) in [7, 11) is 0. The maximum atomic E-state index is 13.1. The van der Waals surface area contributed by atoms with Crippen LogP contribution in [0.3, 0.4) is 0 Å². The highest BCUT2D eigenvalue weighted by molar-refractivity contribution is 6.30. The molecule has 0 heterocycles. The number of Topliss-reactive ketones (excluding diaryl/α,β-unsaturated/α-hetero) is 1. The summed E-state index contributed by atoms with van der Waals surface area (Å²) in [4.78, 5) is 12.4. The Labute approximate surface area is 121 Å². The molecule has 3 heteroatoms. The summed E-state index contributed by atoms with van der Waals surface area (Å²) in [6, 6.07) is 12.1. The number of rotatable bonds is 1. The molecule has 1 aliphatic carbocycles. The predicted octanol–water partition coefficient (Wildman–Crippen LogP) is 4.69. The van der Waals surface area contributed by atoms with Gasteiger partial charge in [0.15, 0.2) is 5.78 Å². The Bertz CT molecular complexity index is 719. The zero-order valence-corrected chi connectivity index (χ0v) is 11.5. The summed E-state index contributed by atoms with van der Waals surface area (Å²) in [5, 5.41) is 0.0722. The molecule has 20 heavy (non-hydrogen) atoms. The first-order valence-electron chi connectivity index (χ1n) is 6.43. The Balaban J connectivity index is 1.97. The number of allylic oxidation sites excluding steroid dienone is 1. The number of hydrogen-bond donors (Lipinski definition) is 0. The molecule has 0 spiro atoms. The number of carbonyl (C=O) groups is 1. The molecule has 1 aliphatic rings. The number of benzene rings is 2. The molecule has 2 aromatic rings. The van der Waals surface area contributed by atoms with Crippen LogP contribution in [0, 0.1) is 5.82 Å². The van der Waals surface area contributed by atoms with E-state index < -0.39 is 5.82 Å². The average molecular weight is 287 g/mol. The van der Waals surface area contributed by atoms with Crippen molar-refractivity contribution < 1.29 is 9.18 Å². The van der Waals surface area contributed by atoms with Gasteiger partial charge in [0.25, 0.3) is 0 Å². The molecule has 0 bridgehead atoms. The summed E-state index contributed by atoms with van der Waals surface area (Å²) in [5.74, 6) is -0.401. The quantitative estimate of drug-likeness (QED) is 0.695. The Morgan fingerprint density at radius 3 is 2.70 bits per heavy atom. The van der Waals surface area contributed by atoms with Crippen LogP contribution in [0.15, 0.2) is 48.0 Å². The van der Waals surface area contributed by atoms with E-state index in [1.807, 2.05) is 24.3 Å². The van der Waals surface area contributed by atoms with Crippen molar-refractivity contribution in [3.63, 3.8) is 0 Å². The summed E-state index contributed by atoms with van der Waals surface area (Å²) < 4.78 is 13.1. The van der Waals surface area contributed by atoms with Crippen LogP contribution in [0.2, 0.25) is 5.02 Å². The molecule has 0 unspecified atom stereocenters. The standard InChI is InChI=1S/C17H12ClFO/c18-15-10-11(5-8-16(15)19)9-13-7-6-12-3-1-2-4-14(12)17(13)20/h1-5,8-10H,6-7H2/b13-9-. The minimum absolute atomic E-state index is 0.0484. The number of aryl methyl sites for hydroxylation is 1. The van der Waals surface area contributed by atoms with Crippen LogP contribution in [-0.2, 0) is 6.42 Å². The second kappa shape index (κ2) is 5.22. The summed E-state index contributed by atoms with van der Waals surface area (Å²) in [6.07, 6.45) is 3.34. The number of halogens is 2. The maximum absolute atomic E-state index is 13.1. The van der Waals surface area contributed by atoms with Gasteiger partial charge in [-0.15, -0.1) is 0 Å². The highest BCUT2D eigenvalue weighted by atomic mass is 35.5. The predicted molar refractivity (Wildman–Crippen MR) is 78.5 cm³/mol. The van der Waals surface area contributed by atoms with Crippen LogP contribution in [0.4, 0.5) is 4.39 Å². The molecule has 0 fully saturated rings. The lowest BCUT2D eigenvalue weighted by molar-refractivity contribution is 0.102. The van der Waals surface area contributed by atoms with E-state index in [0.29, 0.717) is 6.42 Å². The summed E-state index contributed by atoms with van der Waals surface area (Å²) >= 11 is 5.76. The van der Waals surface area contributed by atoms with Crippen molar-refractivity contribution >= 4 is 23.5 Å². The zero-order chi connectivity index (χ0) is 14.1. The van der Waals surface area contributed by atoms with Crippen molar-refractivity contribution in [1.29, 1.82) is 0 Å². The van der Waals surface area contributed by atoms with Crippen molar-refractivity contribution in [2.45, 2.75) is 12.8 Å². The van der Waals surface area contributed by atoms with Gasteiger partial charge in [-0.3, -0.25) is 4.79 Å². The SMILES string of the molecule is O=C1/C(=C\c2ccc(F)c(Cl)c2)CCc2ccccc21. The lowest BCUT2D eigenvalue weighted by atomic mass is 9.86. The molecule has 0 saturated heterocycles. The molecule has 0 N–H and O–H groups in total. The van der Waals surface area contributed by atoms with Crippen molar-refractivity contribution in [1.82, 2.24) is 0 Å². The maximum Gasteiger partial charge on any atom is 0.189 e. The molecule has 2 aromatic carbocycles. The first-order valence-corrected chi connectivity index (χ1v) is 6.81. The molecule has 0 radical (unpaired) electrons. The molecule has 0 amide bonds. The Morgan fingerprint density at radius 2 is 1.90 bits per heavy atom. The Kier molecular flexibility index (Phi) is 3.41. The second-order valence-corrected chi connectivity index (χ2v) is 5.24. The van der Waals surface area contributed by atoms with Crippen LogP contribution < -0.4 is 0 Å². The smallest absolute Gasteiger partial charge is 0.189 e. The third kappa shape index (κ3) is 2.39. The van der Waals surface area contributed by atoms with Gasteiger partial charge < -0.3 is 0 Å². The van der Waals surface area contributed by atoms with Crippen molar-refractivity contribution in [2.75, 3.05) is 0 Å². The highest BCUT2D eigenvalue weighted by Crippen LogP contribution is 2.27. The molecular formula is C17H12ClFO. The van der Waals surface area contributed by atoms with Gasteiger partial charge in [0.2, 0.25) is 0 Å². The molecule has 0 aromatic heterocycles. The Hall–Kier alpha value is -1.93. The van der Waals surface area contributed by atoms with Gasteiger partial charge in [0.05, 0.1) is 5.02 Å². The minimum atomic E-state index is -0.450. The number of fused-ring (bicyclic) bond motifs is 1. The van der Waals surface area contributed by atoms with Crippen LogP contribution >= 0.6 is 11.6 Å². The fourth-order valence-corrected chi connectivity index (χ4v) is 2.65. The lowest BCUT2D eigenvalue weighted by Crippen LogP contribution is -2.13. The van der Waals surface area contributed by atoms with Crippen LogP contribution in [0.5, 0.6) is 0 Å². The lowest BCUT2D eigenvalue weighted by Gasteiger charge is -2.17. The first-order chi connectivity index (χ1) is 9.65. The molecular weight excluding hydrogens is 275 g/mol. The molecule has 0 atom stereocenters. The van der Waals surface area contributed by atoms with E-state index in [-0.39, 0.29) is 10.8 Å². The van der Waals surface area contributed by atoms with Crippen LogP contribution in [0.25, 0.3) is 6.08 Å². The van der Waals surface area contributed by atoms with Crippen LogP contribution in [-0.4, -0.2) is 5.78 Å². The molecule has 1 nitrogen and oxygen atoms in total. The number of carbonyl (C=O) groups excluding carboxylic acids is 1. The zero-order valence-electron chi connectivity index (χ0n) is 10.7. The monoisotopic (exact) mass is 286 g/mol. The van der Waals surface area contributed by atoms with E-state index in [1.165, 1.54) is 12.1 Å². The Morgan fingerprint density at radius 1 is 1.10 bits per heavy atom. The molecule has 3 rings (SSSR count). The van der Waals surface area contributed by atoms with Crippen molar-refractivity contribution in [3.8, 4) is 0 Å². The number of hydrogen-bond acceptors (Lipinski definition) is 1. The number of ketones is 1. The van der Waals surface area contributed by atoms with Gasteiger partial charge in [-0.1, -0.05) is 41.9 Å². The van der Waals surface area contributed by atoms with Crippen molar-refractivity contribution in [3.05, 3.63) is 75.6 Å². The summed E-state index contributed by atoms with van der Waals surface area (Å²) in [5.41, 5.74) is 3.34. The first kappa shape index (κ1) is 13.1. The van der Waals surface area contributed by atoms with E-state index in [9.17, 15) is 9.18 Å². The topological polar surface area (TPSA) is 17.1 Å². The van der Waals surface area contributed by atoms with Gasteiger partial charge in [0.1, 0.15) is 5.82 Å². The molecule has 0 aliphatic heterocycles. The largest absolute Gasteiger partial charge is 0.289 e. The third-order valence-corrected chi connectivity index (χ3v) is 3.79. The van der Waals surface area contributed by atoms with Gasteiger partial charge >= 0.3 is 0 Å². The van der Waals surface area contributed by atoms with Gasteiger partial charge in [0, 0.05) is 11.1 Å². The average Bonchev–Trinajstić information content (AvgIpc) is 2.46. The summed E-state index contributed by atoms with van der Waals surface area (Å²) in [6.45, 7) is 0. The fourth-order valence-electron chi connectivity index (χ4n) is 2.46. The van der Waals surface area contributed by atoms with E-state index in [4.69, 9.17) is 11.6 Å². The van der Waals surface area contributed by atoms with Crippen molar-refractivity contribution in [2.24, 2.45) is 0 Å². The van der Waals surface area contributed by atoms with Crippen LogP contribution in [0.1, 0.15) is 27.9 Å². The van der Waals surface area contributed by atoms with E-state index in [0.717, 1.165) is 28.7 Å². The van der Waals surface area contributed by atoms with E-state index >= 15 is 0 Å². The van der Waals surface area contributed by atoms with E-state index in [2.05, 4.69) is 0 Å². The highest BCUT2D eigenvalue weighted by Gasteiger charge is 2.21. The third-order valence-electron chi connectivity index (χ3n) is 3.50.